The minimum Gasteiger partial charge on any atom is -0.299 e. The molecule has 0 amide bonds. The summed E-state index contributed by atoms with van der Waals surface area (Å²) in [7, 11) is 0. The lowest BCUT2D eigenvalue weighted by atomic mass is 9.90. The molecule has 0 saturated carbocycles. The Hall–Kier alpha value is -1.18. The topological polar surface area (TPSA) is 17.1 Å². The van der Waals surface area contributed by atoms with Gasteiger partial charge in [0, 0.05) is 11.8 Å². The zero-order chi connectivity index (χ0) is 11.6. The van der Waals surface area contributed by atoms with E-state index >= 15 is 0 Å². The summed E-state index contributed by atoms with van der Waals surface area (Å²) in [6.07, 6.45) is 0. The van der Waals surface area contributed by atoms with Crippen LogP contribution in [0.3, 0.4) is 0 Å². The van der Waals surface area contributed by atoms with Crippen LogP contribution in [-0.4, -0.2) is 5.78 Å². The van der Waals surface area contributed by atoms with Crippen molar-refractivity contribution in [3.8, 4) is 0 Å². The Morgan fingerprint density at radius 3 is 2.33 bits per heavy atom. The molecule has 0 bridgehead atoms. The van der Waals surface area contributed by atoms with Gasteiger partial charge in [-0.15, -0.1) is 0 Å². The lowest BCUT2D eigenvalue weighted by molar-refractivity contribution is -0.123. The Morgan fingerprint density at radius 2 is 1.87 bits per heavy atom. The maximum Gasteiger partial charge on any atom is 0.142 e. The van der Waals surface area contributed by atoms with Gasteiger partial charge in [-0.05, 0) is 24.1 Å². The molecule has 0 radical (unpaired) electrons. The van der Waals surface area contributed by atoms with Crippen LogP contribution in [0.5, 0.6) is 0 Å². The summed E-state index contributed by atoms with van der Waals surface area (Å²) >= 11 is 0. The standard InChI is InChI=1S/C13H17FO/c1-8(2)13(15)10(4)11-6-5-9(3)12(14)7-11/h5-8,10H,1-4H3. The molecular formula is C13H17FO. The summed E-state index contributed by atoms with van der Waals surface area (Å²) in [6.45, 7) is 7.27. The Bertz CT molecular complexity index is 369. The molecule has 0 aliphatic rings. The van der Waals surface area contributed by atoms with Gasteiger partial charge in [0.25, 0.3) is 0 Å². The first-order valence-corrected chi connectivity index (χ1v) is 5.23. The second kappa shape index (κ2) is 4.56. The highest BCUT2D eigenvalue weighted by Gasteiger charge is 2.18. The average molecular weight is 208 g/mol. The summed E-state index contributed by atoms with van der Waals surface area (Å²) in [5.74, 6) is -0.321. The normalized spacial score (nSPS) is 12.9. The lowest BCUT2D eigenvalue weighted by Crippen LogP contribution is -2.15. The highest BCUT2D eigenvalue weighted by molar-refractivity contribution is 5.86. The first kappa shape index (κ1) is 11.9. The molecule has 0 heterocycles. The van der Waals surface area contributed by atoms with Crippen LogP contribution in [0.4, 0.5) is 4.39 Å². The average Bonchev–Trinajstić information content (AvgIpc) is 2.19. The SMILES string of the molecule is Cc1ccc(C(C)C(=O)C(C)C)cc1F. The molecule has 0 aliphatic heterocycles. The van der Waals surface area contributed by atoms with Crippen molar-refractivity contribution < 1.29 is 9.18 Å². The van der Waals surface area contributed by atoms with Gasteiger partial charge in [-0.2, -0.15) is 0 Å². The largest absolute Gasteiger partial charge is 0.299 e. The number of Topliss-reactive ketones (excluding diaryl/α,β-unsaturated/α-hetero) is 1. The van der Waals surface area contributed by atoms with E-state index in [-0.39, 0.29) is 23.4 Å². The summed E-state index contributed by atoms with van der Waals surface area (Å²) < 4.78 is 13.3. The number of hydrogen-bond donors (Lipinski definition) is 0. The molecule has 1 aromatic carbocycles. The molecule has 1 aromatic rings. The van der Waals surface area contributed by atoms with Crippen LogP contribution in [0.15, 0.2) is 18.2 Å². The quantitative estimate of drug-likeness (QED) is 0.743. The Morgan fingerprint density at radius 1 is 1.27 bits per heavy atom. The Kier molecular flexibility index (Phi) is 3.61. The summed E-state index contributed by atoms with van der Waals surface area (Å²) in [6, 6.07) is 5.00. The van der Waals surface area contributed by atoms with Gasteiger partial charge in [0.1, 0.15) is 11.6 Å². The zero-order valence-corrected chi connectivity index (χ0v) is 9.67. The molecule has 0 spiro atoms. The van der Waals surface area contributed by atoms with Crippen molar-refractivity contribution in [3.05, 3.63) is 35.1 Å². The van der Waals surface area contributed by atoms with Crippen LogP contribution in [0.25, 0.3) is 0 Å². The number of hydrogen-bond acceptors (Lipinski definition) is 1. The first-order chi connectivity index (χ1) is 6.93. The molecule has 1 atom stereocenters. The molecule has 1 nitrogen and oxygen atoms in total. The summed E-state index contributed by atoms with van der Waals surface area (Å²) in [4.78, 5) is 11.7. The van der Waals surface area contributed by atoms with Gasteiger partial charge in [-0.25, -0.2) is 4.39 Å². The van der Waals surface area contributed by atoms with Crippen molar-refractivity contribution in [1.82, 2.24) is 0 Å². The van der Waals surface area contributed by atoms with Gasteiger partial charge in [-0.3, -0.25) is 4.79 Å². The fourth-order valence-corrected chi connectivity index (χ4v) is 1.54. The number of aryl methyl sites for hydroxylation is 1. The maximum absolute atomic E-state index is 13.3. The molecule has 0 saturated heterocycles. The maximum atomic E-state index is 13.3. The molecule has 2 heteroatoms. The van der Waals surface area contributed by atoms with E-state index in [4.69, 9.17) is 0 Å². The van der Waals surface area contributed by atoms with Gasteiger partial charge in [0.05, 0.1) is 0 Å². The fourth-order valence-electron chi connectivity index (χ4n) is 1.54. The number of halogens is 1. The van der Waals surface area contributed by atoms with Crippen LogP contribution < -0.4 is 0 Å². The molecule has 1 rings (SSSR count). The van der Waals surface area contributed by atoms with Gasteiger partial charge < -0.3 is 0 Å². The molecule has 15 heavy (non-hydrogen) atoms. The van der Waals surface area contributed by atoms with Gasteiger partial charge in [-0.1, -0.05) is 32.9 Å². The van der Waals surface area contributed by atoms with Crippen LogP contribution in [0, 0.1) is 18.7 Å². The number of carbonyl (C=O) groups excluding carboxylic acids is 1. The van der Waals surface area contributed by atoms with Crippen molar-refractivity contribution in [2.24, 2.45) is 5.92 Å². The van der Waals surface area contributed by atoms with E-state index in [1.165, 1.54) is 6.07 Å². The molecule has 0 aliphatic carbocycles. The first-order valence-electron chi connectivity index (χ1n) is 5.23. The summed E-state index contributed by atoms with van der Waals surface area (Å²) in [5, 5.41) is 0. The van der Waals surface area contributed by atoms with Gasteiger partial charge >= 0.3 is 0 Å². The second-order valence-corrected chi connectivity index (χ2v) is 4.29. The third kappa shape index (κ3) is 2.65. The number of ketones is 1. The Balaban J connectivity index is 2.97. The van der Waals surface area contributed by atoms with Crippen molar-refractivity contribution in [2.75, 3.05) is 0 Å². The number of carbonyl (C=O) groups is 1. The van der Waals surface area contributed by atoms with Crippen molar-refractivity contribution in [2.45, 2.75) is 33.6 Å². The van der Waals surface area contributed by atoms with Crippen molar-refractivity contribution in [3.63, 3.8) is 0 Å². The van der Waals surface area contributed by atoms with E-state index in [0.717, 1.165) is 5.56 Å². The predicted octanol–water partition coefficient (Wildman–Crippen LogP) is 3.46. The van der Waals surface area contributed by atoms with Crippen LogP contribution in [0.2, 0.25) is 0 Å². The summed E-state index contributed by atoms with van der Waals surface area (Å²) in [5.41, 5.74) is 1.37. The van der Waals surface area contributed by atoms with Crippen molar-refractivity contribution >= 4 is 5.78 Å². The monoisotopic (exact) mass is 208 g/mol. The number of rotatable bonds is 3. The molecule has 1 unspecified atom stereocenters. The highest BCUT2D eigenvalue weighted by Crippen LogP contribution is 2.21. The third-order valence-corrected chi connectivity index (χ3v) is 2.69. The smallest absolute Gasteiger partial charge is 0.142 e. The predicted molar refractivity (Wildman–Crippen MR) is 59.4 cm³/mol. The Labute approximate surface area is 90.3 Å². The minimum absolute atomic E-state index is 0.00985. The molecule has 0 N–H and O–H groups in total. The molecule has 0 aromatic heterocycles. The van der Waals surface area contributed by atoms with Gasteiger partial charge in [0.2, 0.25) is 0 Å². The van der Waals surface area contributed by atoms with Gasteiger partial charge in [0.15, 0.2) is 0 Å². The molecular weight excluding hydrogens is 191 g/mol. The highest BCUT2D eigenvalue weighted by atomic mass is 19.1. The van der Waals surface area contributed by atoms with Crippen LogP contribution in [0.1, 0.15) is 37.8 Å². The van der Waals surface area contributed by atoms with E-state index in [1.54, 1.807) is 13.0 Å². The van der Waals surface area contributed by atoms with E-state index in [9.17, 15) is 9.18 Å². The molecule has 82 valence electrons. The van der Waals surface area contributed by atoms with Crippen LogP contribution >= 0.6 is 0 Å². The van der Waals surface area contributed by atoms with E-state index in [2.05, 4.69) is 0 Å². The lowest BCUT2D eigenvalue weighted by Gasteiger charge is -2.13. The third-order valence-electron chi connectivity index (χ3n) is 2.69. The zero-order valence-electron chi connectivity index (χ0n) is 9.67. The minimum atomic E-state index is -0.240. The number of benzene rings is 1. The van der Waals surface area contributed by atoms with E-state index in [1.807, 2.05) is 26.8 Å². The van der Waals surface area contributed by atoms with Crippen molar-refractivity contribution in [1.29, 1.82) is 0 Å². The van der Waals surface area contributed by atoms with E-state index < -0.39 is 0 Å². The van der Waals surface area contributed by atoms with E-state index in [0.29, 0.717) is 5.56 Å². The molecule has 0 fully saturated rings. The second-order valence-electron chi connectivity index (χ2n) is 4.29. The fraction of sp³-hybridized carbons (Fsp3) is 0.462. The van der Waals surface area contributed by atoms with Crippen LogP contribution in [-0.2, 0) is 4.79 Å².